The summed E-state index contributed by atoms with van der Waals surface area (Å²) in [5.41, 5.74) is 2.72. The first kappa shape index (κ1) is 23.1. The van der Waals surface area contributed by atoms with Gasteiger partial charge in [-0.2, -0.15) is 4.98 Å². The van der Waals surface area contributed by atoms with Crippen LogP contribution in [0.1, 0.15) is 11.3 Å². The van der Waals surface area contributed by atoms with Crippen LogP contribution >= 0.6 is 0 Å². The van der Waals surface area contributed by atoms with Crippen molar-refractivity contribution in [1.29, 1.82) is 0 Å². The van der Waals surface area contributed by atoms with Gasteiger partial charge in [0, 0.05) is 13.6 Å². The zero-order chi connectivity index (χ0) is 25.1. The first-order chi connectivity index (χ1) is 17.4. The largest absolute Gasteiger partial charge is 0.573 e. The molecule has 0 spiro atoms. The number of rotatable bonds is 8. The van der Waals surface area contributed by atoms with Crippen molar-refractivity contribution in [2.24, 2.45) is 7.05 Å². The maximum absolute atomic E-state index is 12.5. The second-order valence-electron chi connectivity index (χ2n) is 7.67. The van der Waals surface area contributed by atoms with Gasteiger partial charge in [-0.25, -0.2) is 14.2 Å². The lowest BCUT2D eigenvalue weighted by molar-refractivity contribution is -0.274. The molecule has 5 rings (SSSR count). The molecule has 0 radical (unpaired) electrons. The minimum absolute atomic E-state index is 0.110. The third-order valence-electron chi connectivity index (χ3n) is 5.09. The van der Waals surface area contributed by atoms with Crippen LogP contribution in [0.2, 0.25) is 0 Å². The highest BCUT2D eigenvalue weighted by Crippen LogP contribution is 2.26. The Hall–Kier alpha value is -4.68. The van der Waals surface area contributed by atoms with Gasteiger partial charge in [-0.1, -0.05) is 35.4 Å². The molecule has 10 nitrogen and oxygen atoms in total. The van der Waals surface area contributed by atoms with Crippen molar-refractivity contribution >= 4 is 16.9 Å². The quantitative estimate of drug-likeness (QED) is 0.343. The molecule has 0 atom stereocenters. The molecule has 0 unspecified atom stereocenters. The molecule has 5 aromatic rings. The number of benzene rings is 2. The number of imidazole rings is 1. The van der Waals surface area contributed by atoms with Crippen LogP contribution in [0.25, 0.3) is 17.0 Å². The second kappa shape index (κ2) is 9.52. The number of fused-ring (bicyclic) bond motifs is 1. The van der Waals surface area contributed by atoms with Crippen molar-refractivity contribution in [2.45, 2.75) is 19.5 Å². The van der Waals surface area contributed by atoms with Crippen LogP contribution in [-0.2, 0) is 20.2 Å². The van der Waals surface area contributed by atoms with Crippen molar-refractivity contribution in [3.8, 4) is 17.7 Å². The summed E-state index contributed by atoms with van der Waals surface area (Å²) in [7, 11) is 1.72. The Bertz CT molecular complexity index is 1500. The Morgan fingerprint density at radius 1 is 0.972 bits per heavy atom. The van der Waals surface area contributed by atoms with Crippen molar-refractivity contribution in [3.63, 3.8) is 0 Å². The maximum atomic E-state index is 12.5. The highest BCUT2D eigenvalue weighted by atomic mass is 19.4. The molecule has 0 amide bonds. The molecule has 0 saturated heterocycles. The number of aromatic nitrogens is 7. The fourth-order valence-corrected chi connectivity index (χ4v) is 3.55. The molecule has 0 fully saturated rings. The normalized spacial score (nSPS) is 11.6. The fourth-order valence-electron chi connectivity index (χ4n) is 3.55. The number of anilines is 1. The van der Waals surface area contributed by atoms with Crippen molar-refractivity contribution in [2.75, 3.05) is 5.32 Å². The summed E-state index contributed by atoms with van der Waals surface area (Å²) in [6.45, 7) is 0.361. The lowest BCUT2D eigenvalue weighted by Gasteiger charge is -2.11. The average Bonchev–Trinajstić information content (AvgIpc) is 3.43. The lowest BCUT2D eigenvalue weighted by Crippen LogP contribution is -2.17. The van der Waals surface area contributed by atoms with Crippen LogP contribution in [0.5, 0.6) is 11.8 Å². The number of tetrazole rings is 1. The molecule has 0 aliphatic rings. The molecule has 0 aliphatic heterocycles. The van der Waals surface area contributed by atoms with Crippen molar-refractivity contribution in [3.05, 3.63) is 78.0 Å². The fraction of sp³-hybridized carbons (Fsp3) is 0.174. The predicted molar refractivity (Wildman–Crippen MR) is 122 cm³/mol. The van der Waals surface area contributed by atoms with Crippen LogP contribution in [0.3, 0.4) is 0 Å². The molecular formula is C23H19F3N8O2. The highest BCUT2D eigenvalue weighted by Gasteiger charge is 2.31. The number of nitrogens with one attached hydrogen (secondary N) is 1. The summed E-state index contributed by atoms with van der Waals surface area (Å²) in [6, 6.07) is 18.9. The summed E-state index contributed by atoms with van der Waals surface area (Å²) in [6.07, 6.45) is -4.74. The molecule has 184 valence electrons. The van der Waals surface area contributed by atoms with Crippen molar-refractivity contribution < 1.29 is 22.6 Å². The summed E-state index contributed by atoms with van der Waals surface area (Å²) in [5, 5.41) is 14.7. The van der Waals surface area contributed by atoms with Gasteiger partial charge in [0.1, 0.15) is 18.2 Å². The molecule has 0 saturated carbocycles. The number of nitrogens with zero attached hydrogens (tertiary/aromatic N) is 7. The summed E-state index contributed by atoms with van der Waals surface area (Å²) in [4.78, 5) is 9.07. The first-order valence-electron chi connectivity index (χ1n) is 10.7. The van der Waals surface area contributed by atoms with Gasteiger partial charge in [0.2, 0.25) is 0 Å². The summed E-state index contributed by atoms with van der Waals surface area (Å²) < 4.78 is 50.6. The van der Waals surface area contributed by atoms with E-state index in [0.29, 0.717) is 29.0 Å². The van der Waals surface area contributed by atoms with E-state index in [1.54, 1.807) is 35.9 Å². The number of hydrogen-bond acceptors (Lipinski definition) is 8. The zero-order valence-electron chi connectivity index (χ0n) is 18.8. The van der Waals surface area contributed by atoms with Crippen LogP contribution in [0, 0.1) is 0 Å². The minimum atomic E-state index is -4.74. The van der Waals surface area contributed by atoms with E-state index in [-0.39, 0.29) is 18.9 Å². The number of halogens is 3. The third kappa shape index (κ3) is 5.19. The van der Waals surface area contributed by atoms with Crippen LogP contribution in [0.4, 0.5) is 19.0 Å². The van der Waals surface area contributed by atoms with E-state index in [1.807, 2.05) is 24.3 Å². The molecule has 36 heavy (non-hydrogen) atoms. The average molecular weight is 496 g/mol. The Morgan fingerprint density at radius 2 is 1.81 bits per heavy atom. The van der Waals surface area contributed by atoms with E-state index < -0.39 is 6.36 Å². The Balaban J connectivity index is 1.29. The number of ether oxygens (including phenoxy) is 2. The summed E-state index contributed by atoms with van der Waals surface area (Å²) in [5.74, 6) is 0.695. The molecule has 1 N–H and O–H groups in total. The van der Waals surface area contributed by atoms with E-state index in [4.69, 9.17) is 4.74 Å². The molecule has 0 bridgehead atoms. The van der Waals surface area contributed by atoms with Gasteiger partial charge in [0.05, 0.1) is 16.7 Å². The van der Waals surface area contributed by atoms with E-state index in [9.17, 15) is 13.2 Å². The third-order valence-corrected chi connectivity index (χ3v) is 5.09. The van der Waals surface area contributed by atoms with Gasteiger partial charge in [-0.05, 0) is 52.4 Å². The molecule has 2 aromatic carbocycles. The van der Waals surface area contributed by atoms with E-state index in [0.717, 1.165) is 11.0 Å². The van der Waals surface area contributed by atoms with Crippen molar-refractivity contribution in [1.82, 2.24) is 34.7 Å². The lowest BCUT2D eigenvalue weighted by atomic mass is 10.2. The zero-order valence-corrected chi connectivity index (χ0v) is 18.8. The highest BCUT2D eigenvalue weighted by molar-refractivity contribution is 5.78. The number of para-hydroxylation sites is 2. The Morgan fingerprint density at radius 3 is 2.61 bits per heavy atom. The minimum Gasteiger partial charge on any atom is -0.458 e. The molecule has 3 aromatic heterocycles. The molecule has 0 aliphatic carbocycles. The number of aryl methyl sites for hydroxylation is 1. The number of hydrogen-bond donors (Lipinski definition) is 1. The predicted octanol–water partition coefficient (Wildman–Crippen LogP) is 4.03. The molecular weight excluding hydrogens is 477 g/mol. The first-order valence-corrected chi connectivity index (χ1v) is 10.7. The van der Waals surface area contributed by atoms with Crippen LogP contribution < -0.4 is 14.8 Å². The Labute approximate surface area is 202 Å². The van der Waals surface area contributed by atoms with Gasteiger partial charge in [0.15, 0.2) is 0 Å². The summed E-state index contributed by atoms with van der Waals surface area (Å²) >= 11 is 0. The SMILES string of the molecule is Cn1nnnc1-n1c(OCc2cccc(NCc3cccc(OC(F)(F)F)c3)n2)nc2ccccc21. The van der Waals surface area contributed by atoms with Gasteiger partial charge in [0.25, 0.3) is 5.95 Å². The van der Waals surface area contributed by atoms with Gasteiger partial charge >= 0.3 is 12.4 Å². The monoisotopic (exact) mass is 496 g/mol. The topological polar surface area (TPSA) is 105 Å². The molecule has 3 heterocycles. The van der Waals surface area contributed by atoms with Crippen LogP contribution in [0.15, 0.2) is 66.7 Å². The van der Waals surface area contributed by atoms with Gasteiger partial charge < -0.3 is 14.8 Å². The van der Waals surface area contributed by atoms with Gasteiger partial charge in [-0.15, -0.1) is 13.2 Å². The Kier molecular flexibility index (Phi) is 6.10. The van der Waals surface area contributed by atoms with E-state index in [1.165, 1.54) is 22.9 Å². The van der Waals surface area contributed by atoms with Gasteiger partial charge in [-0.3, -0.25) is 0 Å². The van der Waals surface area contributed by atoms with E-state index in [2.05, 4.69) is 35.5 Å². The number of pyridine rings is 1. The maximum Gasteiger partial charge on any atom is 0.573 e. The smallest absolute Gasteiger partial charge is 0.458 e. The number of alkyl halides is 3. The molecule has 13 heteroatoms. The van der Waals surface area contributed by atoms with Crippen LogP contribution in [-0.4, -0.2) is 41.1 Å². The standard InChI is InChI=1S/C23H19F3N8O2/c1-33-21(30-31-32-33)34-19-10-3-2-9-18(19)29-22(34)35-14-16-7-5-11-20(28-16)27-13-15-6-4-8-17(12-15)36-23(24,25)26/h2-12H,13-14H2,1H3,(H,27,28). The second-order valence-corrected chi connectivity index (χ2v) is 7.67. The van der Waals surface area contributed by atoms with E-state index >= 15 is 0 Å².